The van der Waals surface area contributed by atoms with Crippen LogP contribution < -0.4 is 4.90 Å². The molecule has 0 aliphatic heterocycles. The number of hydrogen-bond donors (Lipinski definition) is 0. The van der Waals surface area contributed by atoms with Gasteiger partial charge >= 0.3 is 0 Å². The molecule has 0 fully saturated rings. The monoisotopic (exact) mass is 255 g/mol. The van der Waals surface area contributed by atoms with Crippen molar-refractivity contribution in [2.75, 3.05) is 38.6 Å². The Morgan fingerprint density at radius 2 is 2.12 bits per heavy atom. The molecule has 1 aromatic rings. The minimum Gasteiger partial charge on any atom is -0.348 e. The van der Waals surface area contributed by atoms with Crippen LogP contribution in [-0.2, 0) is 0 Å². The maximum absolute atomic E-state index is 11.2. The number of thiazole rings is 1. The Bertz CT molecular complexity index is 362. The predicted octanol–water partition coefficient (Wildman–Crippen LogP) is 2.12. The molecule has 1 heterocycles. The van der Waals surface area contributed by atoms with Crippen LogP contribution in [0.5, 0.6) is 0 Å². The van der Waals surface area contributed by atoms with Gasteiger partial charge in [0, 0.05) is 20.0 Å². The van der Waals surface area contributed by atoms with Crippen LogP contribution >= 0.6 is 11.3 Å². The van der Waals surface area contributed by atoms with E-state index in [1.54, 1.807) is 13.1 Å². The summed E-state index contributed by atoms with van der Waals surface area (Å²) in [6.07, 6.45) is 2.78. The molecule has 0 amide bonds. The third-order valence-corrected chi connectivity index (χ3v) is 3.69. The lowest BCUT2D eigenvalue weighted by atomic mass is 10.4. The number of rotatable bonds is 7. The Hall–Kier alpha value is -0.940. The van der Waals surface area contributed by atoms with Gasteiger partial charge in [-0.2, -0.15) is 0 Å². The van der Waals surface area contributed by atoms with Crippen LogP contribution in [0, 0.1) is 0 Å². The lowest BCUT2D eigenvalue weighted by molar-refractivity contribution is 0.102. The Morgan fingerprint density at radius 3 is 2.59 bits per heavy atom. The van der Waals surface area contributed by atoms with Gasteiger partial charge in [0.15, 0.2) is 10.9 Å². The van der Waals surface area contributed by atoms with E-state index >= 15 is 0 Å². The van der Waals surface area contributed by atoms with Gasteiger partial charge < -0.3 is 9.80 Å². The van der Waals surface area contributed by atoms with E-state index < -0.39 is 0 Å². The van der Waals surface area contributed by atoms with Crippen molar-refractivity contribution in [3.8, 4) is 0 Å². The van der Waals surface area contributed by atoms with Crippen LogP contribution in [-0.4, -0.2) is 49.4 Å². The summed E-state index contributed by atoms with van der Waals surface area (Å²) >= 11 is 1.48. The lowest BCUT2D eigenvalue weighted by Gasteiger charge is -2.20. The molecule has 4 nitrogen and oxygen atoms in total. The number of hydrogen-bond acceptors (Lipinski definition) is 5. The Labute approximate surface area is 107 Å². The average molecular weight is 255 g/mol. The zero-order valence-corrected chi connectivity index (χ0v) is 11.9. The van der Waals surface area contributed by atoms with Gasteiger partial charge in [0.05, 0.1) is 11.1 Å². The quantitative estimate of drug-likeness (QED) is 0.699. The first-order chi connectivity index (χ1) is 8.04. The summed E-state index contributed by atoms with van der Waals surface area (Å²) in [4.78, 5) is 20.7. The lowest BCUT2D eigenvalue weighted by Crippen LogP contribution is -2.26. The predicted molar refractivity (Wildman–Crippen MR) is 73.2 cm³/mol. The molecule has 0 radical (unpaired) electrons. The number of anilines is 1. The first-order valence-corrected chi connectivity index (χ1v) is 6.72. The molecule has 17 heavy (non-hydrogen) atoms. The van der Waals surface area contributed by atoms with Gasteiger partial charge in [-0.3, -0.25) is 4.79 Å². The van der Waals surface area contributed by atoms with Crippen LogP contribution in [0.4, 0.5) is 5.13 Å². The number of aromatic nitrogens is 1. The molecule has 0 aromatic carbocycles. The molecule has 96 valence electrons. The van der Waals surface area contributed by atoms with Crippen molar-refractivity contribution in [3.63, 3.8) is 0 Å². The molecule has 0 unspecified atom stereocenters. The zero-order valence-electron chi connectivity index (χ0n) is 11.1. The molecule has 0 saturated carbocycles. The molecule has 0 atom stereocenters. The van der Waals surface area contributed by atoms with Crippen LogP contribution in [0.3, 0.4) is 0 Å². The molecular formula is C12H21N3OS. The summed E-state index contributed by atoms with van der Waals surface area (Å²) in [6, 6.07) is 0. The van der Waals surface area contributed by atoms with Crippen molar-refractivity contribution in [1.82, 2.24) is 9.88 Å². The van der Waals surface area contributed by atoms with Gasteiger partial charge in [0.25, 0.3) is 0 Å². The van der Waals surface area contributed by atoms with E-state index in [0.29, 0.717) is 0 Å². The number of ketones is 1. The topological polar surface area (TPSA) is 36.4 Å². The maximum atomic E-state index is 11.2. The second-order valence-electron chi connectivity index (χ2n) is 4.30. The highest BCUT2D eigenvalue weighted by Gasteiger charge is 2.11. The summed E-state index contributed by atoms with van der Waals surface area (Å²) in [5.74, 6) is 0.0955. The van der Waals surface area contributed by atoms with Crippen molar-refractivity contribution in [1.29, 1.82) is 0 Å². The van der Waals surface area contributed by atoms with Crippen molar-refractivity contribution in [2.45, 2.75) is 20.3 Å². The fraction of sp³-hybridized carbons (Fsp3) is 0.667. The van der Waals surface area contributed by atoms with E-state index in [-0.39, 0.29) is 5.78 Å². The Balaban J connectivity index is 2.56. The molecule has 0 bridgehead atoms. The maximum Gasteiger partial charge on any atom is 0.185 e. The molecule has 0 aliphatic rings. The average Bonchev–Trinajstić information content (AvgIpc) is 2.73. The number of carbonyl (C=O) groups is 1. The van der Waals surface area contributed by atoms with Gasteiger partial charge in [-0.15, -0.1) is 0 Å². The van der Waals surface area contributed by atoms with E-state index in [9.17, 15) is 4.79 Å². The first kappa shape index (κ1) is 14.1. The van der Waals surface area contributed by atoms with Gasteiger partial charge in [0.1, 0.15) is 0 Å². The van der Waals surface area contributed by atoms with E-state index in [1.165, 1.54) is 11.3 Å². The SMILES string of the molecule is CCN(CCCN(C)C)c1ncc(C(C)=O)s1. The summed E-state index contributed by atoms with van der Waals surface area (Å²) in [6.45, 7) is 6.68. The fourth-order valence-electron chi connectivity index (χ4n) is 1.54. The normalized spacial score (nSPS) is 10.9. The third-order valence-electron chi connectivity index (χ3n) is 2.53. The molecule has 0 aliphatic carbocycles. The Kier molecular flexibility index (Phi) is 5.58. The second-order valence-corrected chi connectivity index (χ2v) is 5.31. The molecule has 0 N–H and O–H groups in total. The minimum atomic E-state index is 0.0955. The smallest absolute Gasteiger partial charge is 0.185 e. The molecule has 0 spiro atoms. The summed E-state index contributed by atoms with van der Waals surface area (Å²) < 4.78 is 0. The van der Waals surface area contributed by atoms with E-state index in [4.69, 9.17) is 0 Å². The van der Waals surface area contributed by atoms with E-state index in [2.05, 4.69) is 35.8 Å². The molecular weight excluding hydrogens is 234 g/mol. The Morgan fingerprint density at radius 1 is 1.41 bits per heavy atom. The summed E-state index contributed by atoms with van der Waals surface area (Å²) in [7, 11) is 4.15. The van der Waals surface area contributed by atoms with E-state index in [1.807, 2.05) is 0 Å². The molecule has 1 rings (SSSR count). The largest absolute Gasteiger partial charge is 0.348 e. The fourth-order valence-corrected chi connectivity index (χ4v) is 2.44. The van der Waals surface area contributed by atoms with Crippen molar-refractivity contribution in [2.24, 2.45) is 0 Å². The summed E-state index contributed by atoms with van der Waals surface area (Å²) in [5.41, 5.74) is 0. The van der Waals surface area contributed by atoms with Crippen molar-refractivity contribution in [3.05, 3.63) is 11.1 Å². The van der Waals surface area contributed by atoms with E-state index in [0.717, 1.165) is 36.1 Å². The van der Waals surface area contributed by atoms with Crippen LogP contribution in [0.1, 0.15) is 29.9 Å². The highest BCUT2D eigenvalue weighted by molar-refractivity contribution is 7.17. The third kappa shape index (κ3) is 4.44. The van der Waals surface area contributed by atoms with Crippen LogP contribution in [0.25, 0.3) is 0 Å². The minimum absolute atomic E-state index is 0.0955. The number of nitrogens with zero attached hydrogens (tertiary/aromatic N) is 3. The summed E-state index contributed by atoms with van der Waals surface area (Å²) in [5, 5.41) is 0.955. The van der Waals surface area contributed by atoms with Crippen LogP contribution in [0.2, 0.25) is 0 Å². The van der Waals surface area contributed by atoms with Gasteiger partial charge in [-0.25, -0.2) is 4.98 Å². The second kappa shape index (κ2) is 6.71. The highest BCUT2D eigenvalue weighted by atomic mass is 32.1. The zero-order chi connectivity index (χ0) is 12.8. The molecule has 1 aromatic heterocycles. The number of carbonyl (C=O) groups excluding carboxylic acids is 1. The van der Waals surface area contributed by atoms with Gasteiger partial charge in [-0.05, 0) is 34.0 Å². The first-order valence-electron chi connectivity index (χ1n) is 5.91. The molecule has 0 saturated heterocycles. The molecule has 5 heteroatoms. The standard InChI is InChI=1S/C12H21N3OS/c1-5-15(8-6-7-14(3)4)12-13-9-11(17-12)10(2)16/h9H,5-8H2,1-4H3. The van der Waals surface area contributed by atoms with Gasteiger partial charge in [-0.1, -0.05) is 11.3 Å². The van der Waals surface area contributed by atoms with Crippen molar-refractivity contribution >= 4 is 22.3 Å². The highest BCUT2D eigenvalue weighted by Crippen LogP contribution is 2.22. The van der Waals surface area contributed by atoms with Gasteiger partial charge in [0.2, 0.25) is 0 Å². The number of Topliss-reactive ketones (excluding diaryl/α,β-unsaturated/α-hetero) is 1. The van der Waals surface area contributed by atoms with Crippen molar-refractivity contribution < 1.29 is 4.79 Å². The van der Waals surface area contributed by atoms with Crippen LogP contribution in [0.15, 0.2) is 6.20 Å².